The van der Waals surface area contributed by atoms with E-state index < -0.39 is 0 Å². The second-order valence-electron chi connectivity index (χ2n) is 6.06. The van der Waals surface area contributed by atoms with Crippen LogP contribution >= 0.6 is 0 Å². The van der Waals surface area contributed by atoms with Gasteiger partial charge in [0.1, 0.15) is 32.2 Å². The summed E-state index contributed by atoms with van der Waals surface area (Å²) < 4.78 is 7.10. The highest BCUT2D eigenvalue weighted by Crippen LogP contribution is 2.13. The number of methoxy groups -OCH3 is 1. The molecule has 0 aromatic carbocycles. The van der Waals surface area contributed by atoms with Gasteiger partial charge >= 0.3 is 0 Å². The summed E-state index contributed by atoms with van der Waals surface area (Å²) in [5.41, 5.74) is 0. The minimum absolute atomic E-state index is 0.421. The average Bonchev–Trinajstić information content (AvgIpc) is 2.95. The highest BCUT2D eigenvalue weighted by Gasteiger charge is 2.32. The number of nitrogens with one attached hydrogen (secondary N) is 2. The van der Waals surface area contributed by atoms with Gasteiger partial charge in [-0.2, -0.15) is 0 Å². The number of unbranched alkanes of at least 4 members (excludes halogenated alkanes) is 1. The molecule has 1 saturated heterocycles. The third-order valence-corrected chi connectivity index (χ3v) is 4.46. The molecule has 0 spiro atoms. The molecule has 2 N–H and O–H groups in total. The van der Waals surface area contributed by atoms with Crippen LogP contribution in [0.15, 0.2) is 0 Å². The number of likely N-dealkylation sites (N-methyl/N-ethyl adjacent to an activating group) is 1. The van der Waals surface area contributed by atoms with Crippen LogP contribution in [-0.2, 0) is 11.3 Å². The topological polar surface area (TPSA) is 61.7 Å². The number of rotatable bonds is 8. The summed E-state index contributed by atoms with van der Waals surface area (Å²) in [5.74, 6) is 1.04. The molecule has 7 nitrogen and oxygen atoms in total. The Hall–Kier alpha value is -1.05. The maximum absolute atomic E-state index is 5.16. The quantitative estimate of drug-likeness (QED) is 0.581. The molecular weight excluding hydrogens is 268 g/mol. The molecule has 1 aliphatic heterocycles. The second kappa shape index (κ2) is 8.41. The van der Waals surface area contributed by atoms with E-state index in [9.17, 15) is 0 Å². The minimum atomic E-state index is 0.421. The number of piperazine rings is 1. The summed E-state index contributed by atoms with van der Waals surface area (Å²) in [6, 6.07) is 0.421. The van der Waals surface area contributed by atoms with Crippen molar-refractivity contribution < 1.29 is 14.5 Å². The summed E-state index contributed by atoms with van der Waals surface area (Å²) in [4.78, 5) is 3.27. The zero-order chi connectivity index (χ0) is 15.1. The van der Waals surface area contributed by atoms with Gasteiger partial charge in [0, 0.05) is 13.5 Å². The Morgan fingerprint density at radius 1 is 1.29 bits per heavy atom. The molecule has 2 rings (SSSR count). The van der Waals surface area contributed by atoms with E-state index in [-0.39, 0.29) is 0 Å². The molecule has 0 amide bonds. The lowest BCUT2D eigenvalue weighted by Crippen LogP contribution is -3.27. The Morgan fingerprint density at radius 3 is 2.71 bits per heavy atom. The minimum Gasteiger partial charge on any atom is -0.383 e. The molecule has 0 bridgehead atoms. The number of nitrogens with zero attached hydrogens (tertiary/aromatic N) is 4. The zero-order valence-electron chi connectivity index (χ0n) is 13.6. The van der Waals surface area contributed by atoms with Crippen molar-refractivity contribution in [2.75, 3.05) is 46.9 Å². The maximum atomic E-state index is 5.16. The van der Waals surface area contributed by atoms with Crippen molar-refractivity contribution in [3.05, 3.63) is 5.82 Å². The van der Waals surface area contributed by atoms with Crippen LogP contribution in [0.1, 0.15) is 38.1 Å². The van der Waals surface area contributed by atoms with Gasteiger partial charge in [0.2, 0.25) is 5.82 Å². The van der Waals surface area contributed by atoms with Crippen LogP contribution in [0.4, 0.5) is 0 Å². The van der Waals surface area contributed by atoms with Crippen molar-refractivity contribution in [3.63, 3.8) is 0 Å². The zero-order valence-corrected chi connectivity index (χ0v) is 13.6. The molecule has 1 aliphatic rings. The van der Waals surface area contributed by atoms with E-state index in [1.54, 1.807) is 16.9 Å². The SMILES string of the molecule is CCCC[C@@H](c1nnnn1CCOC)[NH+]1CC[NH+](C)CC1. The van der Waals surface area contributed by atoms with Crippen LogP contribution in [0.5, 0.6) is 0 Å². The van der Waals surface area contributed by atoms with Crippen molar-refractivity contribution >= 4 is 0 Å². The summed E-state index contributed by atoms with van der Waals surface area (Å²) in [6.45, 7) is 8.51. The predicted molar refractivity (Wildman–Crippen MR) is 79.3 cm³/mol. The Labute approximate surface area is 127 Å². The van der Waals surface area contributed by atoms with Crippen LogP contribution in [0.2, 0.25) is 0 Å². The first-order valence-corrected chi connectivity index (χ1v) is 8.17. The fourth-order valence-electron chi connectivity index (χ4n) is 3.07. The normalized spacial score (nSPS) is 24.1. The van der Waals surface area contributed by atoms with Crippen LogP contribution < -0.4 is 9.80 Å². The highest BCUT2D eigenvalue weighted by atomic mass is 16.5. The molecule has 21 heavy (non-hydrogen) atoms. The smallest absolute Gasteiger partial charge is 0.209 e. The van der Waals surface area contributed by atoms with E-state index in [0.29, 0.717) is 12.6 Å². The Morgan fingerprint density at radius 2 is 2.05 bits per heavy atom. The van der Waals surface area contributed by atoms with Gasteiger partial charge in [-0.15, -0.1) is 5.10 Å². The lowest BCUT2D eigenvalue weighted by Gasteiger charge is -2.32. The summed E-state index contributed by atoms with van der Waals surface area (Å²) >= 11 is 0. The number of quaternary nitrogens is 2. The monoisotopic (exact) mass is 298 g/mol. The number of hydrogen-bond donors (Lipinski definition) is 2. The number of tetrazole rings is 1. The van der Waals surface area contributed by atoms with Crippen molar-refractivity contribution in [1.82, 2.24) is 20.2 Å². The average molecular weight is 298 g/mol. The van der Waals surface area contributed by atoms with Crippen LogP contribution in [0, 0.1) is 0 Å². The molecule has 0 unspecified atom stereocenters. The Balaban J connectivity index is 2.09. The van der Waals surface area contributed by atoms with Gasteiger partial charge in [-0.1, -0.05) is 13.3 Å². The van der Waals surface area contributed by atoms with Crippen molar-refractivity contribution in [2.45, 2.75) is 38.8 Å². The third kappa shape index (κ3) is 4.46. The second-order valence-corrected chi connectivity index (χ2v) is 6.06. The molecule has 7 heteroatoms. The van der Waals surface area contributed by atoms with E-state index >= 15 is 0 Å². The third-order valence-electron chi connectivity index (χ3n) is 4.46. The van der Waals surface area contributed by atoms with Crippen LogP contribution in [0.25, 0.3) is 0 Å². The van der Waals surface area contributed by atoms with Crippen molar-refractivity contribution in [3.8, 4) is 0 Å². The van der Waals surface area contributed by atoms with Gasteiger partial charge in [0.05, 0.1) is 20.2 Å². The predicted octanol–water partition coefficient (Wildman–Crippen LogP) is -2.04. The van der Waals surface area contributed by atoms with Gasteiger partial charge in [0.25, 0.3) is 0 Å². The Kier molecular flexibility index (Phi) is 6.53. The molecule has 1 aromatic heterocycles. The van der Waals surface area contributed by atoms with Crippen molar-refractivity contribution in [1.29, 1.82) is 0 Å². The fourth-order valence-corrected chi connectivity index (χ4v) is 3.07. The molecule has 2 heterocycles. The molecular formula is C14H30N6O+2. The summed E-state index contributed by atoms with van der Waals surface area (Å²) in [5, 5.41) is 12.4. The molecule has 1 atom stereocenters. The first-order valence-electron chi connectivity index (χ1n) is 8.17. The van der Waals surface area contributed by atoms with E-state index in [4.69, 9.17) is 4.74 Å². The number of aromatic nitrogens is 4. The molecule has 1 aromatic rings. The highest BCUT2D eigenvalue weighted by molar-refractivity contribution is 4.87. The lowest BCUT2D eigenvalue weighted by atomic mass is 10.1. The van der Waals surface area contributed by atoms with E-state index in [0.717, 1.165) is 18.8 Å². The van der Waals surface area contributed by atoms with Gasteiger partial charge in [-0.05, 0) is 16.8 Å². The van der Waals surface area contributed by atoms with Gasteiger partial charge in [-0.3, -0.25) is 0 Å². The number of hydrogen-bond acceptors (Lipinski definition) is 4. The standard InChI is InChI=1S/C14H28N6O/c1-4-5-6-13(19-9-7-18(2)8-10-19)14-15-16-17-20(14)11-12-21-3/h13H,4-12H2,1-3H3/p+2/t13-/m0/s1. The first-order chi connectivity index (χ1) is 10.3. The molecule has 0 saturated carbocycles. The molecule has 0 aliphatic carbocycles. The molecule has 120 valence electrons. The van der Waals surface area contributed by atoms with Gasteiger partial charge in [-0.25, -0.2) is 4.68 Å². The lowest BCUT2D eigenvalue weighted by molar-refractivity contribution is -1.02. The van der Waals surface area contributed by atoms with E-state index in [2.05, 4.69) is 29.5 Å². The Bertz CT molecular complexity index is 402. The van der Waals surface area contributed by atoms with Gasteiger partial charge < -0.3 is 14.5 Å². The van der Waals surface area contributed by atoms with Crippen LogP contribution in [-0.4, -0.2) is 67.2 Å². The maximum Gasteiger partial charge on any atom is 0.209 e. The largest absolute Gasteiger partial charge is 0.383 e. The van der Waals surface area contributed by atoms with E-state index in [1.807, 2.05) is 4.68 Å². The molecule has 0 radical (unpaired) electrons. The van der Waals surface area contributed by atoms with E-state index in [1.165, 1.54) is 39.0 Å². The first kappa shape index (κ1) is 16.3. The molecule has 1 fully saturated rings. The summed E-state index contributed by atoms with van der Waals surface area (Å²) in [7, 11) is 3.99. The van der Waals surface area contributed by atoms with Gasteiger partial charge in [0.15, 0.2) is 0 Å². The number of ether oxygens (including phenoxy) is 1. The van der Waals surface area contributed by atoms with Crippen LogP contribution in [0.3, 0.4) is 0 Å². The fraction of sp³-hybridized carbons (Fsp3) is 0.929. The van der Waals surface area contributed by atoms with Crippen molar-refractivity contribution in [2.24, 2.45) is 0 Å². The summed E-state index contributed by atoms with van der Waals surface area (Å²) in [6.07, 6.45) is 3.61.